The van der Waals surface area contributed by atoms with E-state index in [9.17, 15) is 55.3 Å². The zero-order valence-corrected chi connectivity index (χ0v) is 57.6. The predicted molar refractivity (Wildman–Crippen MR) is 373 cm³/mol. The second kappa shape index (κ2) is 33.3. The molecule has 7 aromatic rings. The lowest BCUT2D eigenvalue weighted by molar-refractivity contribution is -0.126. The van der Waals surface area contributed by atoms with Gasteiger partial charge in [-0.15, -0.1) is 20.5 Å². The molecule has 0 spiro atoms. The van der Waals surface area contributed by atoms with Gasteiger partial charge in [-0.3, -0.25) is 28.3 Å². The van der Waals surface area contributed by atoms with Crippen LogP contribution in [0.5, 0.6) is 0 Å². The van der Waals surface area contributed by atoms with E-state index >= 15 is 0 Å². The van der Waals surface area contributed by atoms with Crippen LogP contribution < -0.4 is 45.8 Å². The molecule has 520 valence electrons. The maximum Gasteiger partial charge on any atom is 0.296 e. The molecule has 3 aromatic heterocycles. The first-order valence-electron chi connectivity index (χ1n) is 31.1. The van der Waals surface area contributed by atoms with E-state index in [1.165, 1.54) is 56.3 Å². The second-order valence-electron chi connectivity index (χ2n) is 21.7. The fraction of sp³-hybridized carbons (Fsp3) is 0.371. The van der Waals surface area contributed by atoms with Crippen molar-refractivity contribution < 1.29 is 64.8 Å². The van der Waals surface area contributed by atoms with Crippen LogP contribution in [0, 0.1) is 0 Å². The monoisotopic (exact) mass is 1420 g/mol. The minimum atomic E-state index is -4.78. The Morgan fingerprint density at radius 1 is 0.592 bits per heavy atom. The summed E-state index contributed by atoms with van der Waals surface area (Å²) < 4.78 is 80.1. The number of carbonyl (C=O) groups excluding carboxylic acids is 4. The molecule has 0 bridgehead atoms. The van der Waals surface area contributed by atoms with Gasteiger partial charge in [0.05, 0.1) is 77.7 Å². The Morgan fingerprint density at radius 2 is 1.05 bits per heavy atom. The predicted octanol–water partition coefficient (Wildman–Crippen LogP) is 8.68. The first kappa shape index (κ1) is 72.9. The number of hydrogen-bond donors (Lipinski definition) is 8. The molecular weight excluding hydrogens is 1350 g/mol. The SMILES string of the molecule is CCN(CC)c1ccc(N=Nc2nc(N3CCOCC3)c(/C=C(\C(C)=O)C(=O)Nc3ccccc3S(=O)(=O)O)s2)c(Nc2nc(Nc3cc(N(CC)CC)ccc3N=Nc3nc(N4CCOCC4)c(C(C(C)=O)C(=O)Nc4ccccc4S(=O)(=O)O)s3)nc(N(CCO)CCO)n2)c1. The Labute approximate surface area is 573 Å². The van der Waals surface area contributed by atoms with Gasteiger partial charge in [-0.1, -0.05) is 46.9 Å². The minimum Gasteiger partial charge on any atom is -0.395 e. The number of anilines is 11. The second-order valence-corrected chi connectivity index (χ2v) is 26.5. The third-order valence-electron chi connectivity index (χ3n) is 15.4. The number of amides is 2. The van der Waals surface area contributed by atoms with Gasteiger partial charge in [0.2, 0.25) is 34.0 Å². The van der Waals surface area contributed by atoms with Gasteiger partial charge in [0.25, 0.3) is 26.1 Å². The molecule has 8 N–H and O–H groups in total. The third-order valence-corrected chi connectivity index (χ3v) is 19.1. The fourth-order valence-electron chi connectivity index (χ4n) is 10.5. The summed E-state index contributed by atoms with van der Waals surface area (Å²) in [5.74, 6) is -3.98. The van der Waals surface area contributed by atoms with Crippen molar-refractivity contribution in [3.63, 3.8) is 0 Å². The molecule has 0 saturated carbocycles. The van der Waals surface area contributed by atoms with Crippen LogP contribution in [-0.2, 0) is 48.9 Å². The third kappa shape index (κ3) is 18.2. The number of thiazole rings is 2. The lowest BCUT2D eigenvalue weighted by atomic mass is 10.0. The van der Waals surface area contributed by atoms with Crippen molar-refractivity contribution in [3.8, 4) is 0 Å². The summed E-state index contributed by atoms with van der Waals surface area (Å²) >= 11 is 1.95. The van der Waals surface area contributed by atoms with Gasteiger partial charge < -0.3 is 65.5 Å². The molecule has 2 amide bonds. The molecule has 2 aliphatic rings. The van der Waals surface area contributed by atoms with Gasteiger partial charge in [0.1, 0.15) is 44.5 Å². The van der Waals surface area contributed by atoms with E-state index in [2.05, 4.69) is 51.5 Å². The maximum absolute atomic E-state index is 14.2. The minimum absolute atomic E-state index is 0.00152. The van der Waals surface area contributed by atoms with Crippen molar-refractivity contribution in [3.05, 3.63) is 100 Å². The molecule has 2 aliphatic heterocycles. The van der Waals surface area contributed by atoms with Crippen LogP contribution in [0.1, 0.15) is 57.2 Å². The number of ether oxygens (including phenoxy) is 2. The van der Waals surface area contributed by atoms with Crippen molar-refractivity contribution in [2.45, 2.75) is 57.3 Å². The van der Waals surface area contributed by atoms with Crippen LogP contribution in [0.25, 0.3) is 6.08 Å². The van der Waals surface area contributed by atoms with E-state index in [-0.39, 0.29) is 93.4 Å². The summed E-state index contributed by atoms with van der Waals surface area (Å²) in [6.45, 7) is 15.1. The number of benzene rings is 4. The first-order valence-corrected chi connectivity index (χ1v) is 35.6. The highest BCUT2D eigenvalue weighted by Crippen LogP contribution is 2.43. The lowest BCUT2D eigenvalue weighted by Gasteiger charge is -2.28. The van der Waals surface area contributed by atoms with Crippen molar-refractivity contribution >= 4 is 158 Å². The molecule has 0 radical (unpaired) electrons. The van der Waals surface area contributed by atoms with E-state index in [0.29, 0.717) is 101 Å². The molecule has 9 rings (SSSR count). The quantitative estimate of drug-likeness (QED) is 0.00662. The van der Waals surface area contributed by atoms with Crippen LogP contribution in [0.3, 0.4) is 0 Å². The number of rotatable bonds is 31. The Bertz CT molecular complexity index is 4360. The number of hydrogen-bond acceptors (Lipinski definition) is 30. The van der Waals surface area contributed by atoms with E-state index in [1.807, 2.05) is 61.8 Å². The van der Waals surface area contributed by atoms with Crippen molar-refractivity contribution in [2.24, 2.45) is 20.5 Å². The highest BCUT2D eigenvalue weighted by Gasteiger charge is 2.35. The smallest absolute Gasteiger partial charge is 0.296 e. The summed E-state index contributed by atoms with van der Waals surface area (Å²) in [5, 5.41) is 50.9. The Morgan fingerprint density at radius 3 is 1.51 bits per heavy atom. The van der Waals surface area contributed by atoms with Gasteiger partial charge >= 0.3 is 0 Å². The molecule has 2 saturated heterocycles. The number of nitrogens with zero attached hydrogens (tertiary/aromatic N) is 14. The van der Waals surface area contributed by atoms with E-state index < -0.39 is 59.3 Å². The van der Waals surface area contributed by atoms with Crippen LogP contribution in [0.15, 0.2) is 121 Å². The maximum atomic E-state index is 14.2. The summed E-state index contributed by atoms with van der Waals surface area (Å²) in [4.78, 5) is 87.8. The number of ketones is 2. The van der Waals surface area contributed by atoms with Crippen molar-refractivity contribution in [1.29, 1.82) is 0 Å². The fourth-order valence-corrected chi connectivity index (χ4v) is 13.7. The van der Waals surface area contributed by atoms with E-state index in [4.69, 9.17) is 34.4 Å². The standard InChI is InChI=1S/C62H74N18O14S4/c1-7-76(8-2)40-19-21-43(72-74-61-67-54(78-25-31-93-32-26-78)49(95-61)37-42(38(5)83)56(85)63-45-15-11-13-17-50(45)97(87,88)89)47(35-40)65-58-69-59(71-60(70-58)80(23-29-81)24-30-82)66-48-36-41(77(9-3)10-4)20-22-44(48)73-75-62-68-55(79-27-33-94-34-28-79)53(96-62)52(39(6)84)57(86)64-46-16-12-14-18-51(46)98(90,91)92/h11-22,35-37,52,81-82H,7-10,23-34H2,1-6H3,(H,63,85)(H,64,86)(H,87,88,89)(H,90,91,92)(H2,65,66,69,70,71)/b42-37+,74-72?,75-73?. The van der Waals surface area contributed by atoms with Gasteiger partial charge in [-0.25, -0.2) is 0 Å². The number of aromatic nitrogens is 5. The van der Waals surface area contributed by atoms with Crippen LogP contribution in [0.2, 0.25) is 0 Å². The number of Topliss-reactive ketones (excluding diaryl/α,β-unsaturated/α-hetero) is 2. The Hall–Kier alpha value is -9.37. The van der Waals surface area contributed by atoms with Crippen LogP contribution in [-0.4, -0.2) is 190 Å². The molecule has 0 aliphatic carbocycles. The molecule has 1 atom stereocenters. The van der Waals surface area contributed by atoms with Crippen molar-refractivity contribution in [2.75, 3.05) is 151 Å². The summed E-state index contributed by atoms with van der Waals surface area (Å²) in [7, 11) is -9.55. The first-order chi connectivity index (χ1) is 47.0. The van der Waals surface area contributed by atoms with Gasteiger partial charge in [-0.2, -0.15) is 41.8 Å². The highest BCUT2D eigenvalue weighted by atomic mass is 32.2. The lowest BCUT2D eigenvalue weighted by Crippen LogP contribution is -2.38. The van der Waals surface area contributed by atoms with Gasteiger partial charge in [-0.05, 0) is 108 Å². The van der Waals surface area contributed by atoms with Crippen LogP contribution >= 0.6 is 22.7 Å². The van der Waals surface area contributed by atoms with Crippen LogP contribution in [0.4, 0.5) is 85.2 Å². The van der Waals surface area contributed by atoms with E-state index in [1.54, 1.807) is 17.0 Å². The van der Waals surface area contributed by atoms with Crippen molar-refractivity contribution in [1.82, 2.24) is 24.9 Å². The van der Waals surface area contributed by atoms with E-state index in [0.717, 1.165) is 46.2 Å². The number of carbonyl (C=O) groups is 4. The zero-order valence-electron chi connectivity index (χ0n) is 54.3. The Kier molecular flexibility index (Phi) is 24.7. The summed E-state index contributed by atoms with van der Waals surface area (Å²) in [6, 6.07) is 21.3. The van der Waals surface area contributed by atoms with Gasteiger partial charge in [0.15, 0.2) is 5.78 Å². The Balaban J connectivity index is 1.10. The highest BCUT2D eigenvalue weighted by molar-refractivity contribution is 7.86. The van der Waals surface area contributed by atoms with Gasteiger partial charge in [0, 0.05) is 76.8 Å². The molecule has 98 heavy (non-hydrogen) atoms. The number of nitrogens with one attached hydrogen (secondary N) is 4. The number of aliphatic hydroxyl groups is 2. The number of aliphatic hydroxyl groups excluding tert-OH is 2. The largest absolute Gasteiger partial charge is 0.395 e. The molecule has 5 heterocycles. The molecule has 2 fully saturated rings. The normalized spacial score (nSPS) is 14.2. The average Bonchev–Trinajstić information content (AvgIpc) is 1.60. The topological polar surface area (TPSA) is 414 Å². The molecule has 4 aromatic carbocycles. The summed E-state index contributed by atoms with van der Waals surface area (Å²) in [6.07, 6.45) is 1.34. The molecule has 32 nitrogen and oxygen atoms in total. The average molecular weight is 1420 g/mol. The molecule has 36 heteroatoms. The zero-order chi connectivity index (χ0) is 70.3. The number of morpholine rings is 2. The molecular formula is C62H74N18O14S4. The summed E-state index contributed by atoms with van der Waals surface area (Å²) in [5.41, 5.74) is 1.94. The number of azo groups is 2. The number of para-hydroxylation sites is 2. The molecule has 1 unspecified atom stereocenters.